The first kappa shape index (κ1) is 9.96. The van der Waals surface area contributed by atoms with Crippen LogP contribution in [0, 0.1) is 5.92 Å². The molecule has 1 aliphatic carbocycles. The maximum absolute atomic E-state index is 5.50. The minimum atomic E-state index is 0.865. The zero-order valence-electron chi connectivity index (χ0n) is 7.40. The Bertz CT molecular complexity index is 55.7. The molecule has 0 aromatic rings. The standard InChI is InChI=1S/C7H15N.C2H6/c8-6-7-4-2-1-3-5-7;1-2/h7H,1-6,8H2;1-2H3. The number of rotatable bonds is 1. The van der Waals surface area contributed by atoms with Crippen LogP contribution in [0.4, 0.5) is 0 Å². The first-order valence-corrected chi connectivity index (χ1v) is 4.63. The fourth-order valence-electron chi connectivity index (χ4n) is 1.42. The summed E-state index contributed by atoms with van der Waals surface area (Å²) in [5.41, 5.74) is 5.50. The molecule has 1 saturated carbocycles. The van der Waals surface area contributed by atoms with E-state index in [1.165, 1.54) is 32.1 Å². The molecule has 0 heterocycles. The van der Waals surface area contributed by atoms with Crippen molar-refractivity contribution in [3.05, 3.63) is 0 Å². The van der Waals surface area contributed by atoms with Gasteiger partial charge in [-0.15, -0.1) is 0 Å². The summed E-state index contributed by atoms with van der Waals surface area (Å²) in [5, 5.41) is 0. The molecule has 0 aliphatic heterocycles. The number of nitrogens with two attached hydrogens (primary N) is 1. The predicted molar refractivity (Wildman–Crippen MR) is 47.0 cm³/mol. The van der Waals surface area contributed by atoms with E-state index in [-0.39, 0.29) is 0 Å². The Balaban J connectivity index is 0.000000371. The quantitative estimate of drug-likeness (QED) is 0.600. The lowest BCUT2D eigenvalue weighted by Gasteiger charge is -2.18. The highest BCUT2D eigenvalue weighted by Crippen LogP contribution is 2.21. The number of hydrogen-bond acceptors (Lipinski definition) is 1. The van der Waals surface area contributed by atoms with Crippen LogP contribution < -0.4 is 5.73 Å². The third-order valence-electron chi connectivity index (χ3n) is 2.06. The zero-order valence-corrected chi connectivity index (χ0v) is 7.40. The summed E-state index contributed by atoms with van der Waals surface area (Å²) >= 11 is 0. The van der Waals surface area contributed by atoms with Crippen LogP contribution in [0.15, 0.2) is 0 Å². The molecule has 0 spiro atoms. The predicted octanol–water partition coefficient (Wildman–Crippen LogP) is 2.55. The molecule has 0 saturated heterocycles. The molecule has 1 rings (SSSR count). The monoisotopic (exact) mass is 143 g/mol. The van der Waals surface area contributed by atoms with Crippen LogP contribution in [0.1, 0.15) is 46.0 Å². The van der Waals surface area contributed by atoms with Crippen LogP contribution in [-0.2, 0) is 0 Å². The van der Waals surface area contributed by atoms with Crippen molar-refractivity contribution in [3.63, 3.8) is 0 Å². The maximum Gasteiger partial charge on any atom is -0.00489 e. The molecule has 0 aromatic heterocycles. The van der Waals surface area contributed by atoms with Gasteiger partial charge in [0.2, 0.25) is 0 Å². The summed E-state index contributed by atoms with van der Waals surface area (Å²) in [5.74, 6) is 0.865. The minimum absolute atomic E-state index is 0.865. The molecule has 1 aliphatic rings. The van der Waals surface area contributed by atoms with Gasteiger partial charge in [-0.3, -0.25) is 0 Å². The van der Waals surface area contributed by atoms with Gasteiger partial charge in [-0.05, 0) is 25.3 Å². The Hall–Kier alpha value is -0.0400. The third-order valence-corrected chi connectivity index (χ3v) is 2.06. The van der Waals surface area contributed by atoms with E-state index in [4.69, 9.17) is 5.73 Å². The molecule has 0 amide bonds. The largest absolute Gasteiger partial charge is 0.330 e. The van der Waals surface area contributed by atoms with Crippen LogP contribution in [-0.4, -0.2) is 6.54 Å². The van der Waals surface area contributed by atoms with Crippen molar-refractivity contribution in [2.75, 3.05) is 6.54 Å². The fraction of sp³-hybridized carbons (Fsp3) is 1.00. The van der Waals surface area contributed by atoms with Gasteiger partial charge >= 0.3 is 0 Å². The lowest BCUT2D eigenvalue weighted by Crippen LogP contribution is -2.16. The Morgan fingerprint density at radius 3 is 1.90 bits per heavy atom. The van der Waals surface area contributed by atoms with E-state index in [0.717, 1.165) is 12.5 Å². The van der Waals surface area contributed by atoms with Gasteiger partial charge in [-0.2, -0.15) is 0 Å². The lowest BCUT2D eigenvalue weighted by molar-refractivity contribution is 0.366. The molecule has 1 nitrogen and oxygen atoms in total. The van der Waals surface area contributed by atoms with Crippen LogP contribution in [0.3, 0.4) is 0 Å². The Morgan fingerprint density at radius 1 is 1.10 bits per heavy atom. The highest BCUT2D eigenvalue weighted by Gasteiger charge is 2.09. The van der Waals surface area contributed by atoms with Crippen LogP contribution in [0.25, 0.3) is 0 Å². The summed E-state index contributed by atoms with van der Waals surface area (Å²) in [7, 11) is 0. The highest BCUT2D eigenvalue weighted by atomic mass is 14.5. The average molecular weight is 143 g/mol. The summed E-state index contributed by atoms with van der Waals surface area (Å²) in [6, 6.07) is 0. The van der Waals surface area contributed by atoms with E-state index >= 15 is 0 Å². The Labute approximate surface area is 65.0 Å². The topological polar surface area (TPSA) is 26.0 Å². The van der Waals surface area contributed by atoms with Gasteiger partial charge in [0.25, 0.3) is 0 Å². The second-order valence-electron chi connectivity index (χ2n) is 2.74. The SMILES string of the molecule is CC.NCC1CCCCC1. The van der Waals surface area contributed by atoms with E-state index in [0.29, 0.717) is 0 Å². The van der Waals surface area contributed by atoms with Crippen molar-refractivity contribution in [1.82, 2.24) is 0 Å². The lowest BCUT2D eigenvalue weighted by atomic mass is 9.90. The van der Waals surface area contributed by atoms with E-state index in [9.17, 15) is 0 Å². The van der Waals surface area contributed by atoms with Crippen molar-refractivity contribution in [1.29, 1.82) is 0 Å². The molecule has 2 N–H and O–H groups in total. The summed E-state index contributed by atoms with van der Waals surface area (Å²) in [6.45, 7) is 4.92. The van der Waals surface area contributed by atoms with E-state index in [2.05, 4.69) is 0 Å². The summed E-state index contributed by atoms with van der Waals surface area (Å²) < 4.78 is 0. The van der Waals surface area contributed by atoms with Crippen molar-refractivity contribution in [3.8, 4) is 0 Å². The molecule has 1 fully saturated rings. The smallest absolute Gasteiger partial charge is 0.00489 e. The van der Waals surface area contributed by atoms with Gasteiger partial charge in [0.1, 0.15) is 0 Å². The fourth-order valence-corrected chi connectivity index (χ4v) is 1.42. The van der Waals surface area contributed by atoms with E-state index in [1.54, 1.807) is 0 Å². The second kappa shape index (κ2) is 7.07. The molecule has 0 aromatic carbocycles. The molecule has 1 heteroatoms. The second-order valence-corrected chi connectivity index (χ2v) is 2.74. The Kier molecular flexibility index (Phi) is 7.04. The molecular formula is C9H21N. The first-order chi connectivity index (χ1) is 4.93. The van der Waals surface area contributed by atoms with Crippen molar-refractivity contribution in [2.24, 2.45) is 11.7 Å². The average Bonchev–Trinajstić information content (AvgIpc) is 2.10. The highest BCUT2D eigenvalue weighted by molar-refractivity contribution is 4.65. The molecule has 0 unspecified atom stereocenters. The molecule has 10 heavy (non-hydrogen) atoms. The van der Waals surface area contributed by atoms with Gasteiger partial charge in [0.15, 0.2) is 0 Å². The van der Waals surface area contributed by atoms with Gasteiger partial charge in [0.05, 0.1) is 0 Å². The van der Waals surface area contributed by atoms with Crippen molar-refractivity contribution >= 4 is 0 Å². The van der Waals surface area contributed by atoms with Crippen molar-refractivity contribution < 1.29 is 0 Å². The van der Waals surface area contributed by atoms with Crippen molar-refractivity contribution in [2.45, 2.75) is 46.0 Å². The molecular weight excluding hydrogens is 122 g/mol. The molecule has 0 atom stereocenters. The normalized spacial score (nSPS) is 19.5. The molecule has 62 valence electrons. The minimum Gasteiger partial charge on any atom is -0.330 e. The third kappa shape index (κ3) is 3.89. The first-order valence-electron chi connectivity index (χ1n) is 4.63. The van der Waals surface area contributed by atoms with Crippen LogP contribution in [0.2, 0.25) is 0 Å². The van der Waals surface area contributed by atoms with Gasteiger partial charge in [-0.1, -0.05) is 33.1 Å². The van der Waals surface area contributed by atoms with E-state index in [1.807, 2.05) is 13.8 Å². The van der Waals surface area contributed by atoms with Gasteiger partial charge < -0.3 is 5.73 Å². The maximum atomic E-state index is 5.50. The number of hydrogen-bond donors (Lipinski definition) is 1. The Morgan fingerprint density at radius 2 is 1.60 bits per heavy atom. The van der Waals surface area contributed by atoms with E-state index < -0.39 is 0 Å². The summed E-state index contributed by atoms with van der Waals surface area (Å²) in [6.07, 6.45) is 7.05. The zero-order chi connectivity index (χ0) is 7.82. The molecule has 0 bridgehead atoms. The molecule has 0 radical (unpaired) electrons. The van der Waals surface area contributed by atoms with Crippen LogP contribution >= 0.6 is 0 Å². The van der Waals surface area contributed by atoms with Gasteiger partial charge in [-0.25, -0.2) is 0 Å². The summed E-state index contributed by atoms with van der Waals surface area (Å²) in [4.78, 5) is 0. The van der Waals surface area contributed by atoms with Crippen LogP contribution in [0.5, 0.6) is 0 Å². The van der Waals surface area contributed by atoms with Gasteiger partial charge in [0, 0.05) is 0 Å².